The van der Waals surface area contributed by atoms with Crippen LogP contribution in [-0.2, 0) is 19.6 Å². The van der Waals surface area contributed by atoms with Crippen LogP contribution in [0.5, 0.6) is 0 Å². The average Bonchev–Trinajstić information content (AvgIpc) is 2.53. The average molecular weight is 362 g/mol. The molecule has 0 saturated carbocycles. The predicted molar refractivity (Wildman–Crippen MR) is 85.9 cm³/mol. The molecular weight excluding hydrogens is 344 g/mol. The van der Waals surface area contributed by atoms with Gasteiger partial charge in [-0.15, -0.1) is 11.8 Å². The number of sulfonamides is 1. The molecule has 128 valence electrons. The number of benzene rings is 1. The summed E-state index contributed by atoms with van der Waals surface area (Å²) in [6, 6.07) is 3.66. The van der Waals surface area contributed by atoms with Crippen LogP contribution >= 0.6 is 11.8 Å². The van der Waals surface area contributed by atoms with E-state index >= 15 is 0 Å². The summed E-state index contributed by atoms with van der Waals surface area (Å²) in [5, 5.41) is 11.2. The van der Waals surface area contributed by atoms with Gasteiger partial charge < -0.3 is 4.74 Å². The monoisotopic (exact) mass is 362 g/mol. The second-order valence-corrected chi connectivity index (χ2v) is 7.30. The first-order valence-electron chi connectivity index (χ1n) is 6.76. The van der Waals surface area contributed by atoms with Crippen LogP contribution in [0.4, 0.5) is 5.69 Å². The van der Waals surface area contributed by atoms with Crippen LogP contribution in [0.2, 0.25) is 0 Å². The molecule has 0 fully saturated rings. The molecule has 0 aliphatic rings. The zero-order valence-corrected chi connectivity index (χ0v) is 14.6. The smallest absolute Gasteiger partial charge is 0.315 e. The van der Waals surface area contributed by atoms with Gasteiger partial charge in [0, 0.05) is 19.2 Å². The largest absolute Gasteiger partial charge is 0.468 e. The van der Waals surface area contributed by atoms with Crippen LogP contribution in [0.3, 0.4) is 0 Å². The van der Waals surface area contributed by atoms with E-state index in [9.17, 15) is 23.3 Å². The summed E-state index contributed by atoms with van der Waals surface area (Å²) in [5.41, 5.74) is -0.355. The van der Waals surface area contributed by atoms with Gasteiger partial charge in [0.15, 0.2) is 0 Å². The van der Waals surface area contributed by atoms with Crippen molar-refractivity contribution in [3.05, 3.63) is 28.3 Å². The Labute approximate surface area is 139 Å². The number of nitrogens with zero attached hydrogens (tertiary/aromatic N) is 2. The Hall–Kier alpha value is -1.65. The van der Waals surface area contributed by atoms with E-state index in [2.05, 4.69) is 4.74 Å². The van der Waals surface area contributed by atoms with Gasteiger partial charge >= 0.3 is 5.97 Å². The number of methoxy groups -OCH3 is 1. The third-order valence-corrected chi connectivity index (χ3v) is 6.13. The fraction of sp³-hybridized carbons (Fsp3) is 0.462. The molecule has 0 N–H and O–H groups in total. The number of esters is 1. The summed E-state index contributed by atoms with van der Waals surface area (Å²) in [4.78, 5) is 21.7. The number of rotatable bonds is 8. The third-order valence-electron chi connectivity index (χ3n) is 3.04. The Bertz CT molecular complexity index is 686. The summed E-state index contributed by atoms with van der Waals surface area (Å²) in [6.07, 6.45) is 0. The van der Waals surface area contributed by atoms with E-state index in [1.807, 2.05) is 0 Å². The molecule has 1 rings (SSSR count). The summed E-state index contributed by atoms with van der Waals surface area (Å²) in [7, 11) is -2.56. The molecule has 8 nitrogen and oxygen atoms in total. The predicted octanol–water partition coefficient (Wildman–Crippen LogP) is 1.89. The summed E-state index contributed by atoms with van der Waals surface area (Å²) in [6.45, 7) is 3.92. The molecule has 0 aliphatic carbocycles. The molecule has 0 radical (unpaired) electrons. The Balaban J connectivity index is 3.23. The van der Waals surface area contributed by atoms with Crippen molar-refractivity contribution in [3.63, 3.8) is 0 Å². The quantitative estimate of drug-likeness (QED) is 0.301. The first kappa shape index (κ1) is 19.4. The van der Waals surface area contributed by atoms with Crippen LogP contribution in [-0.4, -0.2) is 49.6 Å². The molecule has 0 aromatic heterocycles. The summed E-state index contributed by atoms with van der Waals surface area (Å²) >= 11 is 0.923. The molecule has 0 atom stereocenters. The van der Waals surface area contributed by atoms with Crippen molar-refractivity contribution < 1.29 is 22.9 Å². The van der Waals surface area contributed by atoms with Crippen LogP contribution in [0.25, 0.3) is 0 Å². The molecule has 0 spiro atoms. The lowest BCUT2D eigenvalue weighted by Gasteiger charge is -2.18. The first-order chi connectivity index (χ1) is 10.8. The zero-order chi connectivity index (χ0) is 17.6. The molecule has 10 heteroatoms. The normalized spacial score (nSPS) is 11.5. The Morgan fingerprint density at radius 1 is 1.35 bits per heavy atom. The van der Waals surface area contributed by atoms with Crippen molar-refractivity contribution in [3.8, 4) is 0 Å². The second kappa shape index (κ2) is 8.27. The highest BCUT2D eigenvalue weighted by Gasteiger charge is 2.26. The van der Waals surface area contributed by atoms with E-state index < -0.39 is 20.9 Å². The molecule has 0 amide bonds. The minimum Gasteiger partial charge on any atom is -0.468 e. The van der Waals surface area contributed by atoms with Gasteiger partial charge in [0.1, 0.15) is 0 Å². The number of nitro benzene ring substituents is 1. The Morgan fingerprint density at radius 3 is 2.43 bits per heavy atom. The zero-order valence-electron chi connectivity index (χ0n) is 13.0. The standard InChI is InChI=1S/C13H18N2O6S2/c1-4-14(5-2)23(19,20)10-6-7-12(11(8-10)15(17)18)22-9-13(16)21-3/h6-8H,4-5,9H2,1-3H3. The van der Waals surface area contributed by atoms with Gasteiger partial charge in [-0.3, -0.25) is 14.9 Å². The lowest BCUT2D eigenvalue weighted by molar-refractivity contribution is -0.388. The molecular formula is C13H18N2O6S2. The van der Waals surface area contributed by atoms with Gasteiger partial charge in [-0.05, 0) is 12.1 Å². The molecule has 0 aliphatic heterocycles. The van der Waals surface area contributed by atoms with Crippen molar-refractivity contribution in [2.75, 3.05) is 26.0 Å². The molecule has 0 saturated heterocycles. The van der Waals surface area contributed by atoms with Gasteiger partial charge in [-0.2, -0.15) is 4.31 Å². The molecule has 0 unspecified atom stereocenters. The van der Waals surface area contributed by atoms with Crippen molar-refractivity contribution in [2.45, 2.75) is 23.6 Å². The molecule has 0 heterocycles. The highest BCUT2D eigenvalue weighted by atomic mass is 32.2. The topological polar surface area (TPSA) is 107 Å². The minimum absolute atomic E-state index is 0.0977. The van der Waals surface area contributed by atoms with Gasteiger partial charge in [-0.1, -0.05) is 13.8 Å². The highest BCUT2D eigenvalue weighted by molar-refractivity contribution is 8.00. The number of nitro groups is 1. The Morgan fingerprint density at radius 2 is 1.96 bits per heavy atom. The van der Waals surface area contributed by atoms with Crippen molar-refractivity contribution in [1.82, 2.24) is 4.31 Å². The maximum atomic E-state index is 12.4. The fourth-order valence-electron chi connectivity index (χ4n) is 1.83. The second-order valence-electron chi connectivity index (χ2n) is 4.34. The maximum absolute atomic E-state index is 12.4. The van der Waals surface area contributed by atoms with E-state index in [1.54, 1.807) is 13.8 Å². The lowest BCUT2D eigenvalue weighted by atomic mass is 10.3. The van der Waals surface area contributed by atoms with Crippen molar-refractivity contribution in [2.24, 2.45) is 0 Å². The van der Waals surface area contributed by atoms with Gasteiger partial charge in [-0.25, -0.2) is 8.42 Å². The SMILES string of the molecule is CCN(CC)S(=O)(=O)c1ccc(SCC(=O)OC)c([N+](=O)[O-])c1. The van der Waals surface area contributed by atoms with Crippen molar-refractivity contribution in [1.29, 1.82) is 0 Å². The van der Waals surface area contributed by atoms with Gasteiger partial charge in [0.25, 0.3) is 5.69 Å². The minimum atomic E-state index is -3.78. The van der Waals surface area contributed by atoms with E-state index in [0.29, 0.717) is 0 Å². The number of hydrogen-bond donors (Lipinski definition) is 0. The molecule has 0 bridgehead atoms. The third kappa shape index (κ3) is 4.66. The highest BCUT2D eigenvalue weighted by Crippen LogP contribution is 2.32. The summed E-state index contributed by atoms with van der Waals surface area (Å²) in [5.74, 6) is -0.622. The van der Waals surface area contributed by atoms with Crippen LogP contribution < -0.4 is 0 Å². The van der Waals surface area contributed by atoms with Gasteiger partial charge in [0.2, 0.25) is 10.0 Å². The van der Waals surface area contributed by atoms with E-state index in [-0.39, 0.29) is 34.3 Å². The number of ether oxygens (including phenoxy) is 1. The number of thioether (sulfide) groups is 1. The maximum Gasteiger partial charge on any atom is 0.315 e. The van der Waals surface area contributed by atoms with Gasteiger partial charge in [0.05, 0.1) is 27.6 Å². The van der Waals surface area contributed by atoms with E-state index in [0.717, 1.165) is 17.8 Å². The van der Waals surface area contributed by atoms with Crippen molar-refractivity contribution >= 4 is 33.4 Å². The number of carbonyl (C=O) groups excluding carboxylic acids is 1. The van der Waals surface area contributed by atoms with Crippen LogP contribution in [0.15, 0.2) is 28.0 Å². The van der Waals surface area contributed by atoms with E-state index in [1.165, 1.54) is 23.5 Å². The number of hydrogen-bond acceptors (Lipinski definition) is 7. The lowest BCUT2D eigenvalue weighted by Crippen LogP contribution is -2.30. The molecule has 23 heavy (non-hydrogen) atoms. The van der Waals surface area contributed by atoms with Crippen LogP contribution in [0, 0.1) is 10.1 Å². The molecule has 1 aromatic carbocycles. The molecule has 1 aromatic rings. The number of carbonyl (C=O) groups is 1. The fourth-order valence-corrected chi connectivity index (χ4v) is 4.15. The van der Waals surface area contributed by atoms with Crippen LogP contribution in [0.1, 0.15) is 13.8 Å². The summed E-state index contributed by atoms with van der Waals surface area (Å²) < 4.78 is 30.5. The first-order valence-corrected chi connectivity index (χ1v) is 9.18. The Kier molecular flexibility index (Phi) is 6.98. The van der Waals surface area contributed by atoms with E-state index in [4.69, 9.17) is 0 Å².